The summed E-state index contributed by atoms with van der Waals surface area (Å²) in [5, 5.41) is 10.6. The van der Waals surface area contributed by atoms with Crippen molar-refractivity contribution < 1.29 is 4.79 Å². The first-order valence-electron chi connectivity index (χ1n) is 8.84. The molecule has 0 spiro atoms. The fourth-order valence-electron chi connectivity index (χ4n) is 3.37. The molecule has 0 fully saturated rings. The van der Waals surface area contributed by atoms with Crippen LogP contribution < -0.4 is 10.9 Å². The molecule has 28 heavy (non-hydrogen) atoms. The zero-order valence-corrected chi connectivity index (χ0v) is 16.5. The van der Waals surface area contributed by atoms with Gasteiger partial charge in [-0.05, 0) is 38.5 Å². The highest BCUT2D eigenvalue weighted by Gasteiger charge is 2.24. The first kappa shape index (κ1) is 18.1. The van der Waals surface area contributed by atoms with Crippen LogP contribution in [0.5, 0.6) is 0 Å². The highest BCUT2D eigenvalue weighted by molar-refractivity contribution is 7.13. The Labute approximate surface area is 165 Å². The lowest BCUT2D eigenvalue weighted by molar-refractivity contribution is -0.118. The van der Waals surface area contributed by atoms with Crippen molar-refractivity contribution in [1.82, 2.24) is 19.3 Å². The number of carbonyl (C=O) groups excluding carboxylic acids is 1. The number of thiazole rings is 1. The van der Waals surface area contributed by atoms with Crippen molar-refractivity contribution in [3.8, 4) is 5.69 Å². The predicted octanol–water partition coefficient (Wildman–Crippen LogP) is 3.46. The van der Waals surface area contributed by atoms with Crippen LogP contribution in [0.4, 0.5) is 5.13 Å². The molecule has 4 aromatic rings. The van der Waals surface area contributed by atoms with Crippen molar-refractivity contribution in [2.75, 3.05) is 5.32 Å². The van der Waals surface area contributed by atoms with Gasteiger partial charge in [-0.3, -0.25) is 14.2 Å². The quantitative estimate of drug-likeness (QED) is 0.576. The van der Waals surface area contributed by atoms with Crippen LogP contribution in [0.1, 0.15) is 24.2 Å². The second-order valence-corrected chi connectivity index (χ2v) is 7.46. The standard InChI is InChI=1S/C20H19N5O2S/c1-12-11-16(26)24(14(3)18(27)22-20-21-9-10-28-20)19-17(12)13(2)23-25(19)15-7-5-4-6-8-15/h4-11,14H,1-3H3,(H,21,22,27)/t14-/m1/s1. The molecule has 0 bridgehead atoms. The number of aryl methyl sites for hydroxylation is 2. The summed E-state index contributed by atoms with van der Waals surface area (Å²) in [5.74, 6) is -0.305. The van der Waals surface area contributed by atoms with E-state index in [0.29, 0.717) is 10.8 Å². The molecule has 0 saturated carbocycles. The average Bonchev–Trinajstić information content (AvgIpc) is 3.30. The van der Waals surface area contributed by atoms with E-state index in [1.54, 1.807) is 29.2 Å². The summed E-state index contributed by atoms with van der Waals surface area (Å²) in [5.41, 5.74) is 2.83. The molecule has 142 valence electrons. The number of benzene rings is 1. The van der Waals surface area contributed by atoms with Crippen molar-refractivity contribution >= 4 is 33.4 Å². The molecule has 0 unspecified atom stereocenters. The molecule has 0 aliphatic heterocycles. The normalized spacial score (nSPS) is 12.2. The van der Waals surface area contributed by atoms with Gasteiger partial charge >= 0.3 is 0 Å². The SMILES string of the molecule is Cc1cc(=O)n([C@H](C)C(=O)Nc2nccs2)c2c1c(C)nn2-c1ccccc1. The van der Waals surface area contributed by atoms with Crippen molar-refractivity contribution in [1.29, 1.82) is 0 Å². The van der Waals surface area contributed by atoms with Gasteiger partial charge in [-0.1, -0.05) is 18.2 Å². The van der Waals surface area contributed by atoms with Crippen LogP contribution in [0.15, 0.2) is 52.8 Å². The molecule has 8 heteroatoms. The van der Waals surface area contributed by atoms with Crippen LogP contribution in [0.3, 0.4) is 0 Å². The van der Waals surface area contributed by atoms with Crippen LogP contribution in [0.2, 0.25) is 0 Å². The zero-order chi connectivity index (χ0) is 19.8. The number of nitrogens with zero attached hydrogens (tertiary/aromatic N) is 4. The Kier molecular flexibility index (Phi) is 4.56. The Hall–Kier alpha value is -3.26. The Morgan fingerprint density at radius 1 is 1.21 bits per heavy atom. The molecule has 1 atom stereocenters. The van der Waals surface area contributed by atoms with Gasteiger partial charge in [0, 0.05) is 23.0 Å². The number of fused-ring (bicyclic) bond motifs is 1. The van der Waals surface area contributed by atoms with Gasteiger partial charge in [-0.25, -0.2) is 9.67 Å². The minimum atomic E-state index is -0.738. The number of para-hydroxylation sites is 1. The number of hydrogen-bond donors (Lipinski definition) is 1. The molecule has 3 heterocycles. The van der Waals surface area contributed by atoms with Crippen LogP contribution in [-0.4, -0.2) is 25.2 Å². The second kappa shape index (κ2) is 7.05. The van der Waals surface area contributed by atoms with Crippen LogP contribution in [-0.2, 0) is 4.79 Å². The third-order valence-corrected chi connectivity index (χ3v) is 5.35. The van der Waals surface area contributed by atoms with E-state index < -0.39 is 6.04 Å². The number of rotatable bonds is 4. The molecule has 0 aliphatic carbocycles. The van der Waals surface area contributed by atoms with E-state index in [2.05, 4.69) is 15.4 Å². The average molecular weight is 393 g/mol. The number of nitrogens with one attached hydrogen (secondary N) is 1. The molecule has 7 nitrogen and oxygen atoms in total. The lowest BCUT2D eigenvalue weighted by Crippen LogP contribution is -2.32. The molecule has 4 rings (SSSR count). The third kappa shape index (κ3) is 3.01. The highest BCUT2D eigenvalue weighted by atomic mass is 32.1. The van der Waals surface area contributed by atoms with Gasteiger partial charge in [0.25, 0.3) is 5.56 Å². The van der Waals surface area contributed by atoms with Gasteiger partial charge in [0.15, 0.2) is 5.13 Å². The van der Waals surface area contributed by atoms with Crippen molar-refractivity contribution in [2.24, 2.45) is 0 Å². The van der Waals surface area contributed by atoms with E-state index in [1.165, 1.54) is 15.9 Å². The summed E-state index contributed by atoms with van der Waals surface area (Å²) < 4.78 is 3.23. The summed E-state index contributed by atoms with van der Waals surface area (Å²) >= 11 is 1.33. The molecule has 0 radical (unpaired) electrons. The molecule has 0 aliphatic rings. The summed E-state index contributed by atoms with van der Waals surface area (Å²) in [4.78, 5) is 29.8. The summed E-state index contributed by atoms with van der Waals surface area (Å²) in [6.45, 7) is 5.50. The number of aromatic nitrogens is 4. The minimum Gasteiger partial charge on any atom is -0.300 e. The number of carbonyl (C=O) groups is 1. The maximum Gasteiger partial charge on any atom is 0.253 e. The Balaban J connectivity index is 1.92. The monoisotopic (exact) mass is 393 g/mol. The fourth-order valence-corrected chi connectivity index (χ4v) is 3.90. The van der Waals surface area contributed by atoms with Gasteiger partial charge in [-0.15, -0.1) is 11.3 Å². The van der Waals surface area contributed by atoms with E-state index >= 15 is 0 Å². The smallest absolute Gasteiger partial charge is 0.253 e. The number of pyridine rings is 1. The van der Waals surface area contributed by atoms with E-state index in [4.69, 9.17) is 0 Å². The van der Waals surface area contributed by atoms with Gasteiger partial charge in [0.05, 0.1) is 11.4 Å². The fraction of sp³-hybridized carbons (Fsp3) is 0.200. The van der Waals surface area contributed by atoms with Gasteiger partial charge in [0.1, 0.15) is 11.7 Å². The maximum atomic E-state index is 12.9. The predicted molar refractivity (Wildman–Crippen MR) is 110 cm³/mol. The minimum absolute atomic E-state index is 0.246. The van der Waals surface area contributed by atoms with Crippen LogP contribution >= 0.6 is 11.3 Å². The first-order chi connectivity index (χ1) is 13.5. The molecular formula is C20H19N5O2S. The van der Waals surface area contributed by atoms with Crippen LogP contribution in [0, 0.1) is 13.8 Å². The molecular weight excluding hydrogens is 374 g/mol. The van der Waals surface area contributed by atoms with E-state index in [0.717, 1.165) is 22.3 Å². The first-order valence-corrected chi connectivity index (χ1v) is 9.72. The maximum absolute atomic E-state index is 12.9. The molecule has 1 amide bonds. The Bertz CT molecular complexity index is 1210. The lowest BCUT2D eigenvalue weighted by Gasteiger charge is -2.18. The summed E-state index contributed by atoms with van der Waals surface area (Å²) in [6, 6.07) is 10.4. The highest BCUT2D eigenvalue weighted by Crippen LogP contribution is 2.26. The van der Waals surface area contributed by atoms with E-state index in [-0.39, 0.29) is 11.5 Å². The van der Waals surface area contributed by atoms with Gasteiger partial charge in [-0.2, -0.15) is 5.10 Å². The number of hydrogen-bond acceptors (Lipinski definition) is 5. The summed E-state index contributed by atoms with van der Waals surface area (Å²) in [6.07, 6.45) is 1.62. The Morgan fingerprint density at radius 2 is 1.96 bits per heavy atom. The largest absolute Gasteiger partial charge is 0.300 e. The van der Waals surface area contributed by atoms with Crippen molar-refractivity contribution in [3.05, 3.63) is 69.6 Å². The zero-order valence-electron chi connectivity index (χ0n) is 15.7. The van der Waals surface area contributed by atoms with E-state index in [9.17, 15) is 9.59 Å². The topological polar surface area (TPSA) is 81.8 Å². The van der Waals surface area contributed by atoms with Gasteiger partial charge in [0.2, 0.25) is 5.91 Å². The molecule has 1 aromatic carbocycles. The van der Waals surface area contributed by atoms with Crippen molar-refractivity contribution in [2.45, 2.75) is 26.8 Å². The Morgan fingerprint density at radius 3 is 2.64 bits per heavy atom. The van der Waals surface area contributed by atoms with Crippen LogP contribution in [0.25, 0.3) is 16.7 Å². The van der Waals surface area contributed by atoms with Crippen molar-refractivity contribution in [3.63, 3.8) is 0 Å². The second-order valence-electron chi connectivity index (χ2n) is 6.57. The number of amides is 1. The molecule has 0 saturated heterocycles. The van der Waals surface area contributed by atoms with Gasteiger partial charge < -0.3 is 5.32 Å². The lowest BCUT2D eigenvalue weighted by atomic mass is 10.1. The molecule has 1 N–H and O–H groups in total. The van der Waals surface area contributed by atoms with E-state index in [1.807, 2.05) is 44.2 Å². The summed E-state index contributed by atoms with van der Waals surface area (Å²) in [7, 11) is 0. The molecule has 3 aromatic heterocycles. The number of anilines is 1. The third-order valence-electron chi connectivity index (χ3n) is 4.67.